The molecule has 3 nitrogen and oxygen atoms in total. The van der Waals surface area contributed by atoms with Crippen LogP contribution in [0.1, 0.15) is 18.3 Å². The number of nitrogens with one attached hydrogen (secondary N) is 1. The third-order valence-electron chi connectivity index (χ3n) is 2.62. The van der Waals surface area contributed by atoms with Crippen LogP contribution in [0.3, 0.4) is 0 Å². The molecule has 2 aromatic rings. The number of benzene rings is 1. The molecule has 0 fully saturated rings. The molecule has 0 saturated carbocycles. The Morgan fingerprint density at radius 1 is 1.33 bits per heavy atom. The summed E-state index contributed by atoms with van der Waals surface area (Å²) in [7, 11) is 0. The maximum atomic E-state index is 13.2. The van der Waals surface area contributed by atoms with Crippen molar-refractivity contribution < 1.29 is 4.39 Å². The average molecular weight is 268 g/mol. The molecule has 0 aliphatic carbocycles. The van der Waals surface area contributed by atoms with Gasteiger partial charge in [-0.15, -0.1) is 0 Å². The molecule has 18 heavy (non-hydrogen) atoms. The highest BCUT2D eigenvalue weighted by molar-refractivity contribution is 6.30. The number of hydrogen-bond donors (Lipinski definition) is 1. The zero-order chi connectivity index (χ0) is 13.1. The van der Waals surface area contributed by atoms with Crippen molar-refractivity contribution in [3.05, 3.63) is 46.5 Å². The molecule has 1 aromatic heterocycles. The first-order chi connectivity index (χ1) is 8.58. The fourth-order valence-corrected chi connectivity index (χ4v) is 2.09. The van der Waals surface area contributed by atoms with Crippen LogP contribution in [0, 0.1) is 12.7 Å². The largest absolute Gasteiger partial charge is 0.379 e. The summed E-state index contributed by atoms with van der Waals surface area (Å²) in [5, 5.41) is 7.89. The number of rotatable bonds is 4. The molecular weight excluding hydrogens is 253 g/mol. The van der Waals surface area contributed by atoms with E-state index in [0.29, 0.717) is 17.3 Å². The van der Waals surface area contributed by atoms with Gasteiger partial charge in [0, 0.05) is 17.3 Å². The molecule has 0 unspecified atom stereocenters. The van der Waals surface area contributed by atoms with Gasteiger partial charge in [0.25, 0.3) is 0 Å². The summed E-state index contributed by atoms with van der Waals surface area (Å²) in [6.07, 6.45) is 0. The van der Waals surface area contributed by atoms with E-state index < -0.39 is 0 Å². The lowest BCUT2D eigenvalue weighted by Gasteiger charge is -2.08. The summed E-state index contributed by atoms with van der Waals surface area (Å²) >= 11 is 5.80. The second kappa shape index (κ2) is 5.40. The first-order valence-electron chi connectivity index (χ1n) is 5.82. The van der Waals surface area contributed by atoms with Gasteiger partial charge in [0.2, 0.25) is 0 Å². The molecule has 1 aromatic carbocycles. The van der Waals surface area contributed by atoms with Crippen molar-refractivity contribution in [1.29, 1.82) is 0 Å². The second-order valence-electron chi connectivity index (χ2n) is 4.10. The molecule has 0 radical (unpaired) electrons. The van der Waals surface area contributed by atoms with Crippen LogP contribution in [0.5, 0.6) is 0 Å². The van der Waals surface area contributed by atoms with Gasteiger partial charge in [-0.1, -0.05) is 11.6 Å². The van der Waals surface area contributed by atoms with Gasteiger partial charge in [-0.3, -0.25) is 4.68 Å². The normalized spacial score (nSPS) is 10.7. The molecule has 0 atom stereocenters. The predicted molar refractivity (Wildman–Crippen MR) is 71.4 cm³/mol. The lowest BCUT2D eigenvalue weighted by molar-refractivity contribution is 0.621. The van der Waals surface area contributed by atoms with E-state index in [1.165, 1.54) is 12.1 Å². The zero-order valence-corrected chi connectivity index (χ0v) is 11.1. The van der Waals surface area contributed by atoms with Gasteiger partial charge in [-0.2, -0.15) is 5.10 Å². The van der Waals surface area contributed by atoms with E-state index in [9.17, 15) is 4.39 Å². The van der Waals surface area contributed by atoms with Gasteiger partial charge in [0.15, 0.2) is 0 Å². The molecule has 0 spiro atoms. The fraction of sp³-hybridized carbons (Fsp3) is 0.308. The quantitative estimate of drug-likeness (QED) is 0.917. The van der Waals surface area contributed by atoms with Crippen LogP contribution in [-0.2, 0) is 13.1 Å². The van der Waals surface area contributed by atoms with Crippen LogP contribution in [0.2, 0.25) is 5.02 Å². The summed E-state index contributed by atoms with van der Waals surface area (Å²) in [6, 6.07) is 6.42. The smallest absolute Gasteiger partial charge is 0.126 e. The van der Waals surface area contributed by atoms with Gasteiger partial charge < -0.3 is 5.32 Å². The maximum absolute atomic E-state index is 13.2. The van der Waals surface area contributed by atoms with Crippen LogP contribution < -0.4 is 5.32 Å². The van der Waals surface area contributed by atoms with Crippen molar-refractivity contribution in [2.24, 2.45) is 0 Å². The van der Waals surface area contributed by atoms with E-state index in [1.54, 1.807) is 6.07 Å². The van der Waals surface area contributed by atoms with E-state index in [1.807, 2.05) is 24.6 Å². The number of nitrogens with zero attached hydrogens (tertiary/aromatic N) is 2. The lowest BCUT2D eigenvalue weighted by atomic mass is 10.3. The standard InChI is InChI=1S/C13H15ClFN3/c1-3-18-13(4-9(2)17-18)8-16-12-6-10(14)5-11(15)7-12/h4-7,16H,3,8H2,1-2H3. The van der Waals surface area contributed by atoms with Crippen LogP contribution >= 0.6 is 11.6 Å². The molecule has 0 saturated heterocycles. The minimum absolute atomic E-state index is 0.342. The van der Waals surface area contributed by atoms with Crippen molar-refractivity contribution in [2.75, 3.05) is 5.32 Å². The first kappa shape index (κ1) is 12.9. The highest BCUT2D eigenvalue weighted by Crippen LogP contribution is 2.18. The van der Waals surface area contributed by atoms with E-state index >= 15 is 0 Å². The number of aromatic nitrogens is 2. The topological polar surface area (TPSA) is 29.9 Å². The third-order valence-corrected chi connectivity index (χ3v) is 2.84. The highest BCUT2D eigenvalue weighted by atomic mass is 35.5. The number of halogens is 2. The molecule has 2 rings (SSSR count). The first-order valence-corrected chi connectivity index (χ1v) is 6.19. The Balaban J connectivity index is 2.11. The Morgan fingerprint density at radius 3 is 2.78 bits per heavy atom. The number of aryl methyl sites for hydroxylation is 2. The highest BCUT2D eigenvalue weighted by Gasteiger charge is 2.04. The summed E-state index contributed by atoms with van der Waals surface area (Å²) in [5.41, 5.74) is 2.71. The molecule has 0 bridgehead atoms. The molecule has 5 heteroatoms. The Kier molecular flexibility index (Phi) is 3.87. The number of hydrogen-bond acceptors (Lipinski definition) is 2. The van der Waals surface area contributed by atoms with Crippen LogP contribution in [0.25, 0.3) is 0 Å². The van der Waals surface area contributed by atoms with Gasteiger partial charge in [-0.05, 0) is 38.1 Å². The number of anilines is 1. The molecule has 1 N–H and O–H groups in total. The van der Waals surface area contributed by atoms with Gasteiger partial charge in [0.05, 0.1) is 17.9 Å². The van der Waals surface area contributed by atoms with Crippen molar-refractivity contribution in [3.63, 3.8) is 0 Å². The van der Waals surface area contributed by atoms with E-state index in [2.05, 4.69) is 10.4 Å². The summed E-state index contributed by atoms with van der Waals surface area (Å²) < 4.78 is 15.1. The Labute approximate surface area is 111 Å². The van der Waals surface area contributed by atoms with Crippen molar-refractivity contribution >= 4 is 17.3 Å². The van der Waals surface area contributed by atoms with Gasteiger partial charge >= 0.3 is 0 Å². The van der Waals surface area contributed by atoms with Crippen molar-refractivity contribution in [2.45, 2.75) is 26.9 Å². The Bertz CT molecular complexity index is 531. The molecule has 96 valence electrons. The molecular formula is C13H15ClFN3. The third kappa shape index (κ3) is 3.01. The van der Waals surface area contributed by atoms with E-state index in [-0.39, 0.29) is 5.82 Å². The maximum Gasteiger partial charge on any atom is 0.126 e. The summed E-state index contributed by atoms with van der Waals surface area (Å²) in [6.45, 7) is 5.40. The predicted octanol–water partition coefficient (Wildman–Crippen LogP) is 3.62. The summed E-state index contributed by atoms with van der Waals surface area (Å²) in [4.78, 5) is 0. The fourth-order valence-electron chi connectivity index (χ4n) is 1.86. The van der Waals surface area contributed by atoms with Gasteiger partial charge in [-0.25, -0.2) is 4.39 Å². The SMILES string of the molecule is CCn1nc(C)cc1CNc1cc(F)cc(Cl)c1. The van der Waals surface area contributed by atoms with Gasteiger partial charge in [0.1, 0.15) is 5.82 Å². The molecule has 0 aliphatic rings. The molecule has 0 amide bonds. The Morgan fingerprint density at radius 2 is 2.11 bits per heavy atom. The minimum Gasteiger partial charge on any atom is -0.379 e. The van der Waals surface area contributed by atoms with Crippen molar-refractivity contribution in [3.8, 4) is 0 Å². The van der Waals surface area contributed by atoms with Crippen LogP contribution in [0.4, 0.5) is 10.1 Å². The minimum atomic E-state index is -0.342. The second-order valence-corrected chi connectivity index (χ2v) is 4.54. The Hall–Kier alpha value is -1.55. The van der Waals surface area contributed by atoms with Crippen molar-refractivity contribution in [1.82, 2.24) is 9.78 Å². The molecule has 1 heterocycles. The average Bonchev–Trinajstić information content (AvgIpc) is 2.66. The zero-order valence-electron chi connectivity index (χ0n) is 10.4. The van der Waals surface area contributed by atoms with Crippen LogP contribution in [0.15, 0.2) is 24.3 Å². The summed E-state index contributed by atoms with van der Waals surface area (Å²) in [5.74, 6) is -0.342. The van der Waals surface area contributed by atoms with Crippen LogP contribution in [-0.4, -0.2) is 9.78 Å². The van der Waals surface area contributed by atoms with E-state index in [4.69, 9.17) is 11.6 Å². The monoisotopic (exact) mass is 267 g/mol. The van der Waals surface area contributed by atoms with E-state index in [0.717, 1.165) is 17.9 Å². The molecule has 0 aliphatic heterocycles. The lowest BCUT2D eigenvalue weighted by Crippen LogP contribution is -2.08.